The van der Waals surface area contributed by atoms with E-state index >= 15 is 0 Å². The van der Waals surface area contributed by atoms with Gasteiger partial charge in [0.2, 0.25) is 10.0 Å². The summed E-state index contributed by atoms with van der Waals surface area (Å²) in [7, 11) is -0.576. The molecule has 3 aromatic rings. The number of benzene rings is 2. The van der Waals surface area contributed by atoms with Crippen molar-refractivity contribution >= 4 is 27.6 Å². The molecule has 162 valence electrons. The van der Waals surface area contributed by atoms with E-state index in [0.29, 0.717) is 23.0 Å². The molecule has 0 aliphatic heterocycles. The Labute approximate surface area is 186 Å². The van der Waals surface area contributed by atoms with Gasteiger partial charge in [-0.05, 0) is 49.6 Å². The number of thioether (sulfide) groups is 1. The fourth-order valence-corrected chi connectivity index (χ4v) is 5.70. The van der Waals surface area contributed by atoms with Crippen LogP contribution in [0.1, 0.15) is 24.8 Å². The van der Waals surface area contributed by atoms with Gasteiger partial charge in [-0.3, -0.25) is 9.36 Å². The van der Waals surface area contributed by atoms with Crippen LogP contribution in [0.3, 0.4) is 0 Å². The lowest BCUT2D eigenvalue weighted by Crippen LogP contribution is -2.22. The topological polar surface area (TPSA) is 85.2 Å². The summed E-state index contributed by atoms with van der Waals surface area (Å²) >= 11 is 1.43. The summed E-state index contributed by atoms with van der Waals surface area (Å²) in [6, 6.07) is 14.6. The molecular formula is C22H24N4O3S2. The van der Waals surface area contributed by atoms with Crippen molar-refractivity contribution in [2.45, 2.75) is 41.5 Å². The number of aryl methyl sites for hydroxylation is 1. The molecule has 0 spiro atoms. The second-order valence-corrected chi connectivity index (χ2v) is 11.1. The van der Waals surface area contributed by atoms with Gasteiger partial charge in [0.1, 0.15) is 5.78 Å². The number of hydrogen-bond donors (Lipinski definition) is 0. The number of sulfonamides is 1. The average molecular weight is 457 g/mol. The van der Waals surface area contributed by atoms with Gasteiger partial charge in [0.05, 0.1) is 10.1 Å². The first-order valence-corrected chi connectivity index (χ1v) is 12.3. The van der Waals surface area contributed by atoms with Gasteiger partial charge in [-0.2, -0.15) is 0 Å². The molecule has 1 fully saturated rings. The van der Waals surface area contributed by atoms with E-state index in [9.17, 15) is 13.2 Å². The quantitative estimate of drug-likeness (QED) is 0.562. The van der Waals surface area contributed by atoms with Crippen LogP contribution in [0.25, 0.3) is 17.1 Å². The van der Waals surface area contributed by atoms with Crippen molar-refractivity contribution in [3.8, 4) is 17.1 Å². The van der Waals surface area contributed by atoms with E-state index in [0.717, 1.165) is 24.1 Å². The molecule has 2 aromatic carbocycles. The Morgan fingerprint density at radius 1 is 1.10 bits per heavy atom. The lowest BCUT2D eigenvalue weighted by molar-refractivity contribution is -0.116. The van der Waals surface area contributed by atoms with Gasteiger partial charge in [-0.1, -0.05) is 36.0 Å². The molecule has 1 aliphatic carbocycles. The SMILES string of the molecule is Cc1cccc(-n2c(S[C@@H]3CCCC3=O)nnc2-c2cccc(S(=O)(=O)N(C)C)c2)c1. The minimum absolute atomic E-state index is 0.124. The zero-order valence-corrected chi connectivity index (χ0v) is 19.3. The van der Waals surface area contributed by atoms with Crippen molar-refractivity contribution < 1.29 is 13.2 Å². The second-order valence-electron chi connectivity index (χ2n) is 7.76. The normalized spacial score (nSPS) is 16.9. The maximum Gasteiger partial charge on any atom is 0.242 e. The van der Waals surface area contributed by atoms with Crippen molar-refractivity contribution in [1.82, 2.24) is 19.1 Å². The molecule has 1 aliphatic rings. The number of hydrogen-bond acceptors (Lipinski definition) is 6. The second kappa shape index (κ2) is 8.57. The number of rotatable bonds is 6. The predicted molar refractivity (Wildman–Crippen MR) is 121 cm³/mol. The summed E-state index contributed by atoms with van der Waals surface area (Å²) in [5.74, 6) is 0.777. The Kier molecular flexibility index (Phi) is 6.00. The standard InChI is InChI=1S/C22H24N4O3S2/c1-15-7-4-9-17(13-15)26-21(23-24-22(26)30-20-12-6-11-19(20)27)16-8-5-10-18(14-16)31(28,29)25(2)3/h4-5,7-10,13-14,20H,6,11-12H2,1-3H3/t20-/m1/s1. The maximum absolute atomic E-state index is 12.6. The van der Waals surface area contributed by atoms with E-state index in [2.05, 4.69) is 10.2 Å². The van der Waals surface area contributed by atoms with E-state index < -0.39 is 10.0 Å². The lowest BCUT2D eigenvalue weighted by Gasteiger charge is -2.14. The highest BCUT2D eigenvalue weighted by molar-refractivity contribution is 8.00. The highest BCUT2D eigenvalue weighted by Gasteiger charge is 2.29. The minimum atomic E-state index is -3.58. The molecule has 7 nitrogen and oxygen atoms in total. The monoisotopic (exact) mass is 456 g/mol. The van der Waals surface area contributed by atoms with Crippen LogP contribution in [0.4, 0.5) is 0 Å². The molecule has 31 heavy (non-hydrogen) atoms. The van der Waals surface area contributed by atoms with Gasteiger partial charge in [-0.25, -0.2) is 12.7 Å². The average Bonchev–Trinajstić information content (AvgIpc) is 3.34. The fourth-order valence-electron chi connectivity index (χ4n) is 3.58. The maximum atomic E-state index is 12.6. The molecule has 0 saturated heterocycles. The number of Topliss-reactive ketones (excluding diaryl/α,β-unsaturated/α-hetero) is 1. The number of carbonyl (C=O) groups is 1. The van der Waals surface area contributed by atoms with Crippen LogP contribution >= 0.6 is 11.8 Å². The molecule has 1 heterocycles. The number of ketones is 1. The Morgan fingerprint density at radius 2 is 1.87 bits per heavy atom. The Hall–Kier alpha value is -2.49. The Morgan fingerprint density at radius 3 is 2.55 bits per heavy atom. The van der Waals surface area contributed by atoms with Gasteiger partial charge < -0.3 is 0 Å². The van der Waals surface area contributed by atoms with Crippen molar-refractivity contribution in [2.75, 3.05) is 14.1 Å². The summed E-state index contributed by atoms with van der Waals surface area (Å²) in [4.78, 5) is 12.4. The van der Waals surface area contributed by atoms with Crippen LogP contribution < -0.4 is 0 Å². The van der Waals surface area contributed by atoms with E-state index in [-0.39, 0.29) is 15.9 Å². The van der Waals surface area contributed by atoms with Crippen molar-refractivity contribution in [2.24, 2.45) is 0 Å². The first kappa shape index (κ1) is 21.7. The Bertz CT molecular complexity index is 1240. The summed E-state index contributed by atoms with van der Waals surface area (Å²) in [6.07, 6.45) is 2.33. The molecule has 4 rings (SSSR count). The van der Waals surface area contributed by atoms with Gasteiger partial charge in [0.25, 0.3) is 0 Å². The first-order valence-electron chi connectivity index (χ1n) is 10.0. The molecule has 0 amide bonds. The molecule has 1 atom stereocenters. The van der Waals surface area contributed by atoms with Crippen molar-refractivity contribution in [3.05, 3.63) is 54.1 Å². The summed E-state index contributed by atoms with van der Waals surface area (Å²) in [5.41, 5.74) is 2.59. The Balaban J connectivity index is 1.84. The van der Waals surface area contributed by atoms with Gasteiger partial charge in [0, 0.05) is 31.8 Å². The molecule has 1 saturated carbocycles. The fraction of sp³-hybridized carbons (Fsp3) is 0.318. The number of carbonyl (C=O) groups excluding carboxylic acids is 1. The van der Waals surface area contributed by atoms with Crippen LogP contribution in [-0.4, -0.2) is 52.6 Å². The van der Waals surface area contributed by atoms with Crippen LogP contribution in [0.2, 0.25) is 0 Å². The summed E-state index contributed by atoms with van der Waals surface area (Å²) in [6.45, 7) is 2.01. The predicted octanol–water partition coefficient (Wildman–Crippen LogP) is 3.71. The molecule has 9 heteroatoms. The highest BCUT2D eigenvalue weighted by Crippen LogP contribution is 2.35. The first-order chi connectivity index (χ1) is 14.8. The van der Waals surface area contributed by atoms with E-state index in [1.807, 2.05) is 41.8 Å². The molecule has 0 bridgehead atoms. The smallest absolute Gasteiger partial charge is 0.242 e. The molecular weight excluding hydrogens is 432 g/mol. The summed E-state index contributed by atoms with van der Waals surface area (Å²) in [5, 5.41) is 9.29. The largest absolute Gasteiger partial charge is 0.298 e. The third-order valence-electron chi connectivity index (χ3n) is 5.26. The summed E-state index contributed by atoms with van der Waals surface area (Å²) < 4.78 is 28.3. The van der Waals surface area contributed by atoms with Crippen LogP contribution in [-0.2, 0) is 14.8 Å². The minimum Gasteiger partial charge on any atom is -0.298 e. The molecule has 0 N–H and O–H groups in total. The van der Waals surface area contributed by atoms with E-state index in [1.165, 1.54) is 30.2 Å². The number of nitrogens with zero attached hydrogens (tertiary/aromatic N) is 4. The highest BCUT2D eigenvalue weighted by atomic mass is 32.2. The zero-order valence-electron chi connectivity index (χ0n) is 17.6. The number of aromatic nitrogens is 3. The van der Waals surface area contributed by atoms with Gasteiger partial charge in [-0.15, -0.1) is 10.2 Å². The molecule has 0 unspecified atom stereocenters. The zero-order chi connectivity index (χ0) is 22.2. The molecule has 1 aromatic heterocycles. The van der Waals surface area contributed by atoms with Crippen molar-refractivity contribution in [1.29, 1.82) is 0 Å². The van der Waals surface area contributed by atoms with Crippen LogP contribution in [0, 0.1) is 6.92 Å². The van der Waals surface area contributed by atoms with Crippen LogP contribution in [0.5, 0.6) is 0 Å². The third kappa shape index (κ3) is 4.30. The van der Waals surface area contributed by atoms with E-state index in [1.54, 1.807) is 18.2 Å². The van der Waals surface area contributed by atoms with Gasteiger partial charge >= 0.3 is 0 Å². The third-order valence-corrected chi connectivity index (χ3v) is 8.33. The molecule has 0 radical (unpaired) electrons. The lowest BCUT2D eigenvalue weighted by atomic mass is 10.2. The van der Waals surface area contributed by atoms with Gasteiger partial charge in [0.15, 0.2) is 11.0 Å². The van der Waals surface area contributed by atoms with E-state index in [4.69, 9.17) is 0 Å². The van der Waals surface area contributed by atoms with Crippen LogP contribution in [0.15, 0.2) is 58.6 Å². The van der Waals surface area contributed by atoms with Crippen molar-refractivity contribution in [3.63, 3.8) is 0 Å².